The van der Waals surface area contributed by atoms with Crippen LogP contribution in [0, 0.1) is 6.92 Å². The van der Waals surface area contributed by atoms with Crippen molar-refractivity contribution in [2.75, 3.05) is 0 Å². The van der Waals surface area contributed by atoms with Crippen LogP contribution >= 0.6 is 23.1 Å². The highest BCUT2D eigenvalue weighted by Gasteiger charge is 2.04. The summed E-state index contributed by atoms with van der Waals surface area (Å²) >= 11 is 3.17. The molecule has 0 fully saturated rings. The number of benzene rings is 1. The van der Waals surface area contributed by atoms with Gasteiger partial charge in [0.15, 0.2) is 4.34 Å². The number of nitrogens with zero attached hydrogens (tertiary/aromatic N) is 2. The fourth-order valence-corrected chi connectivity index (χ4v) is 3.30. The zero-order valence-corrected chi connectivity index (χ0v) is 11.9. The van der Waals surface area contributed by atoms with Crippen molar-refractivity contribution in [1.82, 2.24) is 10.2 Å². The van der Waals surface area contributed by atoms with Gasteiger partial charge in [0.05, 0.1) is 0 Å². The third-order valence-corrected chi connectivity index (χ3v) is 4.34. The minimum absolute atomic E-state index is 0.745. The molecular weight excluding hydrogens is 280 g/mol. The molecule has 0 aliphatic rings. The maximum absolute atomic E-state index is 10.6. The Kier molecular flexibility index (Phi) is 4.70. The highest BCUT2D eigenvalue weighted by atomic mass is 32.2. The van der Waals surface area contributed by atoms with Crippen LogP contribution in [-0.4, -0.2) is 21.3 Å². The van der Waals surface area contributed by atoms with Crippen LogP contribution in [-0.2, 0) is 10.5 Å². The summed E-state index contributed by atoms with van der Waals surface area (Å²) in [7, 11) is 0. The summed E-state index contributed by atoms with van der Waals surface area (Å²) in [6, 6.07) is 7.73. The summed E-state index contributed by atoms with van der Waals surface area (Å²) in [5, 5.41) is 17.6. The molecule has 0 bridgehead atoms. The Morgan fingerprint density at radius 2 is 2.21 bits per heavy atom. The number of aliphatic carboxylic acids is 1. The smallest absolute Gasteiger partial charge is 0.328 e. The molecule has 1 heterocycles. The van der Waals surface area contributed by atoms with Crippen LogP contribution in [0.15, 0.2) is 34.7 Å². The minimum Gasteiger partial charge on any atom is -0.478 e. The Labute approximate surface area is 119 Å². The Morgan fingerprint density at radius 3 is 2.89 bits per heavy atom. The van der Waals surface area contributed by atoms with E-state index in [0.29, 0.717) is 0 Å². The molecule has 0 radical (unpaired) electrons. The Balaban J connectivity index is 2.09. The van der Waals surface area contributed by atoms with Crippen molar-refractivity contribution in [2.45, 2.75) is 17.0 Å². The Morgan fingerprint density at radius 1 is 1.42 bits per heavy atom. The molecule has 98 valence electrons. The molecule has 19 heavy (non-hydrogen) atoms. The van der Waals surface area contributed by atoms with E-state index in [0.717, 1.165) is 32.3 Å². The number of aryl methyl sites for hydroxylation is 1. The molecule has 2 rings (SSSR count). The van der Waals surface area contributed by atoms with Crippen molar-refractivity contribution in [3.8, 4) is 0 Å². The lowest BCUT2D eigenvalue weighted by atomic mass is 10.1. The van der Waals surface area contributed by atoms with E-state index in [1.54, 1.807) is 29.2 Å². The molecule has 4 nitrogen and oxygen atoms in total. The monoisotopic (exact) mass is 292 g/mol. The standard InChI is InChI=1S/C13H12N2O2S2/c1-9-14-15-13(19-9)18-8-11-5-3-2-4-10(11)6-7-12(16)17/h2-7H,8H2,1H3,(H,16,17). The molecule has 0 spiro atoms. The second-order valence-electron chi connectivity index (χ2n) is 3.75. The lowest BCUT2D eigenvalue weighted by Gasteiger charge is -2.03. The van der Waals surface area contributed by atoms with Gasteiger partial charge in [0.2, 0.25) is 0 Å². The third kappa shape index (κ3) is 4.18. The number of carbonyl (C=O) groups is 1. The SMILES string of the molecule is Cc1nnc(SCc2ccccc2C=CC(=O)O)s1. The van der Waals surface area contributed by atoms with Crippen molar-refractivity contribution in [2.24, 2.45) is 0 Å². The van der Waals surface area contributed by atoms with Crippen molar-refractivity contribution in [3.63, 3.8) is 0 Å². The van der Waals surface area contributed by atoms with Crippen LogP contribution in [0.5, 0.6) is 0 Å². The molecule has 1 aromatic heterocycles. The van der Waals surface area contributed by atoms with Gasteiger partial charge in [0, 0.05) is 11.8 Å². The molecule has 0 aliphatic carbocycles. The highest BCUT2D eigenvalue weighted by Crippen LogP contribution is 2.27. The molecule has 2 aromatic rings. The van der Waals surface area contributed by atoms with Crippen LogP contribution in [0.4, 0.5) is 0 Å². The fraction of sp³-hybridized carbons (Fsp3) is 0.154. The van der Waals surface area contributed by atoms with E-state index in [-0.39, 0.29) is 0 Å². The highest BCUT2D eigenvalue weighted by molar-refractivity contribution is 8.00. The number of aromatic nitrogens is 2. The topological polar surface area (TPSA) is 63.1 Å². The Hall–Kier alpha value is -1.66. The molecule has 0 amide bonds. The maximum Gasteiger partial charge on any atom is 0.328 e. The van der Waals surface area contributed by atoms with Gasteiger partial charge in [-0.05, 0) is 24.1 Å². The molecule has 0 saturated carbocycles. The van der Waals surface area contributed by atoms with Gasteiger partial charge >= 0.3 is 5.97 Å². The second-order valence-corrected chi connectivity index (χ2v) is 6.15. The van der Waals surface area contributed by atoms with Crippen LogP contribution in [0.1, 0.15) is 16.1 Å². The van der Waals surface area contributed by atoms with E-state index in [2.05, 4.69) is 10.2 Å². The summed E-state index contributed by atoms with van der Waals surface area (Å²) in [4.78, 5) is 10.6. The quantitative estimate of drug-likeness (QED) is 0.677. The van der Waals surface area contributed by atoms with E-state index in [9.17, 15) is 4.79 Å². The van der Waals surface area contributed by atoms with Crippen LogP contribution < -0.4 is 0 Å². The van der Waals surface area contributed by atoms with Gasteiger partial charge in [-0.3, -0.25) is 0 Å². The largest absolute Gasteiger partial charge is 0.478 e. The van der Waals surface area contributed by atoms with E-state index in [1.165, 1.54) is 0 Å². The van der Waals surface area contributed by atoms with Gasteiger partial charge in [-0.25, -0.2) is 4.79 Å². The normalized spacial score (nSPS) is 11.0. The summed E-state index contributed by atoms with van der Waals surface area (Å²) in [5.41, 5.74) is 2.00. The average Bonchev–Trinajstić information content (AvgIpc) is 2.80. The summed E-state index contributed by atoms with van der Waals surface area (Å²) < 4.78 is 0.925. The first-order valence-electron chi connectivity index (χ1n) is 5.57. The molecule has 0 unspecified atom stereocenters. The third-order valence-electron chi connectivity index (χ3n) is 2.32. The van der Waals surface area contributed by atoms with E-state index < -0.39 is 5.97 Å². The van der Waals surface area contributed by atoms with Gasteiger partial charge in [-0.15, -0.1) is 10.2 Å². The lowest BCUT2D eigenvalue weighted by molar-refractivity contribution is -0.131. The predicted molar refractivity (Wildman–Crippen MR) is 77.3 cm³/mol. The van der Waals surface area contributed by atoms with E-state index >= 15 is 0 Å². The summed E-state index contributed by atoms with van der Waals surface area (Å²) in [6.07, 6.45) is 2.77. The molecule has 1 N–H and O–H groups in total. The zero-order valence-electron chi connectivity index (χ0n) is 10.2. The van der Waals surface area contributed by atoms with Gasteiger partial charge in [0.25, 0.3) is 0 Å². The van der Waals surface area contributed by atoms with Gasteiger partial charge < -0.3 is 5.11 Å². The molecule has 6 heteroatoms. The fourth-order valence-electron chi connectivity index (χ4n) is 1.47. The number of hydrogen-bond acceptors (Lipinski definition) is 5. The minimum atomic E-state index is -0.942. The number of thioether (sulfide) groups is 1. The van der Waals surface area contributed by atoms with E-state index in [4.69, 9.17) is 5.11 Å². The Bertz CT molecular complexity index is 608. The summed E-state index contributed by atoms with van der Waals surface area (Å²) in [6.45, 7) is 1.92. The molecular formula is C13H12N2O2S2. The van der Waals surface area contributed by atoms with Crippen molar-refractivity contribution in [3.05, 3.63) is 46.5 Å². The molecule has 0 atom stereocenters. The molecule has 0 saturated heterocycles. The number of rotatable bonds is 5. The average molecular weight is 292 g/mol. The number of carboxylic acids is 1. The van der Waals surface area contributed by atoms with Gasteiger partial charge in [-0.1, -0.05) is 47.4 Å². The van der Waals surface area contributed by atoms with Gasteiger partial charge in [0.1, 0.15) is 5.01 Å². The first-order valence-corrected chi connectivity index (χ1v) is 7.37. The molecule has 0 aliphatic heterocycles. The van der Waals surface area contributed by atoms with Crippen molar-refractivity contribution < 1.29 is 9.90 Å². The first-order chi connectivity index (χ1) is 9.15. The van der Waals surface area contributed by atoms with Crippen LogP contribution in [0.25, 0.3) is 6.08 Å². The van der Waals surface area contributed by atoms with Gasteiger partial charge in [-0.2, -0.15) is 0 Å². The van der Waals surface area contributed by atoms with Crippen LogP contribution in [0.2, 0.25) is 0 Å². The van der Waals surface area contributed by atoms with E-state index in [1.807, 2.05) is 31.2 Å². The molecule has 1 aromatic carbocycles. The zero-order chi connectivity index (χ0) is 13.7. The second kappa shape index (κ2) is 6.49. The number of carboxylic acid groups (broad SMARTS) is 1. The number of hydrogen-bond donors (Lipinski definition) is 1. The lowest BCUT2D eigenvalue weighted by Crippen LogP contribution is -1.89. The first kappa shape index (κ1) is 13.8. The maximum atomic E-state index is 10.6. The summed E-state index contributed by atoms with van der Waals surface area (Å²) in [5.74, 6) is -0.198. The predicted octanol–water partition coefficient (Wildman–Crippen LogP) is 3.24. The van der Waals surface area contributed by atoms with Crippen molar-refractivity contribution in [1.29, 1.82) is 0 Å². The van der Waals surface area contributed by atoms with Crippen molar-refractivity contribution >= 4 is 35.1 Å². The van der Waals surface area contributed by atoms with Crippen LogP contribution in [0.3, 0.4) is 0 Å².